The van der Waals surface area contributed by atoms with Gasteiger partial charge in [-0.1, -0.05) is 49.1 Å². The molecule has 0 bridgehead atoms. The lowest BCUT2D eigenvalue weighted by Crippen LogP contribution is -2.12. The molecule has 0 unspecified atom stereocenters. The Hall–Kier alpha value is -2.06. The van der Waals surface area contributed by atoms with Gasteiger partial charge in [0, 0.05) is 6.20 Å². The second-order valence-electron chi connectivity index (χ2n) is 2.82. The van der Waals surface area contributed by atoms with Crippen molar-refractivity contribution < 1.29 is 0 Å². The van der Waals surface area contributed by atoms with Gasteiger partial charge < -0.3 is 5.43 Å². The standard InChI is InChI=1S/C12H14N2.C2H4/c1-11(9-10-14-13)7-8-12-5-3-2-4-6-12;1-2/h2-10,14H,1,13H2;1-2H2/b8-7+,10-9-;. The van der Waals surface area contributed by atoms with E-state index < -0.39 is 0 Å². The molecule has 2 nitrogen and oxygen atoms in total. The topological polar surface area (TPSA) is 38.0 Å². The monoisotopic (exact) mass is 214 g/mol. The third-order valence-electron chi connectivity index (χ3n) is 1.68. The molecule has 0 fully saturated rings. The molecular formula is C14H18N2. The van der Waals surface area contributed by atoms with E-state index in [1.807, 2.05) is 42.5 Å². The fourth-order valence-corrected chi connectivity index (χ4v) is 0.978. The van der Waals surface area contributed by atoms with E-state index in [9.17, 15) is 0 Å². The molecule has 1 rings (SSSR count). The first kappa shape index (κ1) is 13.9. The molecule has 0 aliphatic rings. The number of nitrogens with one attached hydrogen (secondary N) is 1. The molecule has 0 amide bonds. The van der Waals surface area contributed by atoms with Crippen molar-refractivity contribution in [1.29, 1.82) is 0 Å². The van der Waals surface area contributed by atoms with Crippen LogP contribution < -0.4 is 11.3 Å². The summed E-state index contributed by atoms with van der Waals surface area (Å²) < 4.78 is 0. The number of hydrogen-bond acceptors (Lipinski definition) is 2. The Morgan fingerprint density at radius 3 is 2.31 bits per heavy atom. The summed E-state index contributed by atoms with van der Waals surface area (Å²) in [6, 6.07) is 10.1. The largest absolute Gasteiger partial charge is 0.331 e. The van der Waals surface area contributed by atoms with Gasteiger partial charge in [0.15, 0.2) is 0 Å². The van der Waals surface area contributed by atoms with Crippen molar-refractivity contribution in [1.82, 2.24) is 5.43 Å². The van der Waals surface area contributed by atoms with Crippen LogP contribution >= 0.6 is 0 Å². The van der Waals surface area contributed by atoms with Crippen LogP contribution in [-0.2, 0) is 0 Å². The Bertz CT molecular complexity index is 350. The Labute approximate surface area is 97.5 Å². The predicted octanol–water partition coefficient (Wildman–Crippen LogP) is 3.04. The van der Waals surface area contributed by atoms with Crippen LogP contribution in [0.15, 0.2) is 74.0 Å². The Morgan fingerprint density at radius 1 is 1.12 bits per heavy atom. The number of allylic oxidation sites excluding steroid dienone is 3. The van der Waals surface area contributed by atoms with Gasteiger partial charge in [0.25, 0.3) is 0 Å². The number of hydrazine groups is 1. The zero-order chi connectivity index (χ0) is 12.2. The molecular weight excluding hydrogens is 196 g/mol. The lowest BCUT2D eigenvalue weighted by molar-refractivity contribution is 0.967. The quantitative estimate of drug-likeness (QED) is 0.350. The van der Waals surface area contributed by atoms with Crippen LogP contribution in [0.1, 0.15) is 5.56 Å². The van der Waals surface area contributed by atoms with Gasteiger partial charge in [-0.3, -0.25) is 5.84 Å². The molecule has 84 valence electrons. The number of benzene rings is 1. The third kappa shape index (κ3) is 6.40. The molecule has 0 saturated carbocycles. The SMILES string of the molecule is C=C.C=C(/C=C\NN)/C=C/c1ccccc1. The van der Waals surface area contributed by atoms with E-state index in [2.05, 4.69) is 25.2 Å². The molecule has 0 radical (unpaired) electrons. The molecule has 3 N–H and O–H groups in total. The van der Waals surface area contributed by atoms with Gasteiger partial charge in [-0.2, -0.15) is 0 Å². The maximum Gasteiger partial charge on any atom is 0.0128 e. The van der Waals surface area contributed by atoms with Crippen molar-refractivity contribution in [3.8, 4) is 0 Å². The summed E-state index contributed by atoms with van der Waals surface area (Å²) in [7, 11) is 0. The highest BCUT2D eigenvalue weighted by atomic mass is 15.2. The molecule has 16 heavy (non-hydrogen) atoms. The van der Waals surface area contributed by atoms with Crippen molar-refractivity contribution in [2.24, 2.45) is 5.84 Å². The second-order valence-corrected chi connectivity index (χ2v) is 2.82. The summed E-state index contributed by atoms with van der Waals surface area (Å²) in [5.74, 6) is 5.08. The molecule has 0 spiro atoms. The Balaban J connectivity index is 0.00000106. The summed E-state index contributed by atoms with van der Waals surface area (Å²) >= 11 is 0. The van der Waals surface area contributed by atoms with Crippen LogP contribution in [0, 0.1) is 0 Å². The van der Waals surface area contributed by atoms with Gasteiger partial charge in [0.1, 0.15) is 0 Å². The van der Waals surface area contributed by atoms with Crippen LogP contribution in [0.4, 0.5) is 0 Å². The second kappa shape index (κ2) is 9.49. The van der Waals surface area contributed by atoms with E-state index in [0.717, 1.165) is 11.1 Å². The fourth-order valence-electron chi connectivity index (χ4n) is 0.978. The Morgan fingerprint density at radius 2 is 1.75 bits per heavy atom. The third-order valence-corrected chi connectivity index (χ3v) is 1.68. The van der Waals surface area contributed by atoms with E-state index in [1.165, 1.54) is 0 Å². The van der Waals surface area contributed by atoms with Crippen LogP contribution in [0.3, 0.4) is 0 Å². The summed E-state index contributed by atoms with van der Waals surface area (Å²) in [4.78, 5) is 0. The first-order valence-electron chi connectivity index (χ1n) is 4.87. The van der Waals surface area contributed by atoms with Crippen molar-refractivity contribution in [2.45, 2.75) is 0 Å². The molecule has 1 aromatic rings. The summed E-state index contributed by atoms with van der Waals surface area (Å²) in [6.45, 7) is 9.84. The molecule has 0 aliphatic carbocycles. The molecule has 0 aromatic heterocycles. The lowest BCUT2D eigenvalue weighted by Gasteiger charge is -1.92. The Kier molecular flexibility index (Phi) is 8.27. The summed E-state index contributed by atoms with van der Waals surface area (Å²) in [5, 5.41) is 0. The highest BCUT2D eigenvalue weighted by Gasteiger charge is 1.83. The summed E-state index contributed by atoms with van der Waals surface area (Å²) in [5.41, 5.74) is 4.47. The minimum atomic E-state index is 0.895. The van der Waals surface area contributed by atoms with Crippen molar-refractivity contribution >= 4 is 6.08 Å². The average molecular weight is 214 g/mol. The molecule has 0 heterocycles. The van der Waals surface area contributed by atoms with Crippen molar-refractivity contribution in [3.05, 3.63) is 79.6 Å². The van der Waals surface area contributed by atoms with Gasteiger partial charge in [-0.15, -0.1) is 13.2 Å². The zero-order valence-electron chi connectivity index (χ0n) is 9.39. The van der Waals surface area contributed by atoms with Crippen LogP contribution in [0.2, 0.25) is 0 Å². The number of nitrogens with two attached hydrogens (primary N) is 1. The minimum absolute atomic E-state index is 0.895. The van der Waals surface area contributed by atoms with Crippen LogP contribution in [-0.4, -0.2) is 0 Å². The lowest BCUT2D eigenvalue weighted by atomic mass is 10.2. The van der Waals surface area contributed by atoms with E-state index in [-0.39, 0.29) is 0 Å². The maximum absolute atomic E-state index is 5.08. The smallest absolute Gasteiger partial charge is 0.0128 e. The highest BCUT2D eigenvalue weighted by molar-refractivity contribution is 5.53. The van der Waals surface area contributed by atoms with E-state index in [0.29, 0.717) is 0 Å². The number of rotatable bonds is 4. The molecule has 1 aromatic carbocycles. The van der Waals surface area contributed by atoms with Gasteiger partial charge in [0.05, 0.1) is 0 Å². The zero-order valence-corrected chi connectivity index (χ0v) is 9.39. The average Bonchev–Trinajstić information content (AvgIpc) is 2.37. The van der Waals surface area contributed by atoms with Gasteiger partial charge in [0.2, 0.25) is 0 Å². The van der Waals surface area contributed by atoms with E-state index in [4.69, 9.17) is 5.84 Å². The summed E-state index contributed by atoms with van der Waals surface area (Å²) in [6.07, 6.45) is 7.38. The fraction of sp³-hybridized carbons (Fsp3) is 0. The molecule has 2 heteroatoms. The minimum Gasteiger partial charge on any atom is -0.331 e. The molecule has 0 saturated heterocycles. The van der Waals surface area contributed by atoms with Crippen molar-refractivity contribution in [2.75, 3.05) is 0 Å². The van der Waals surface area contributed by atoms with E-state index in [1.54, 1.807) is 12.3 Å². The van der Waals surface area contributed by atoms with E-state index >= 15 is 0 Å². The predicted molar refractivity (Wildman–Crippen MR) is 72.3 cm³/mol. The van der Waals surface area contributed by atoms with Crippen LogP contribution in [0.25, 0.3) is 6.08 Å². The highest BCUT2D eigenvalue weighted by Crippen LogP contribution is 2.04. The molecule has 0 atom stereocenters. The normalized spacial score (nSPS) is 9.81. The van der Waals surface area contributed by atoms with Crippen LogP contribution in [0.5, 0.6) is 0 Å². The first-order chi connectivity index (χ1) is 7.83. The number of hydrogen-bond donors (Lipinski definition) is 2. The van der Waals surface area contributed by atoms with Gasteiger partial charge in [-0.25, -0.2) is 0 Å². The molecule has 0 aliphatic heterocycles. The first-order valence-corrected chi connectivity index (χ1v) is 4.87. The maximum atomic E-state index is 5.08. The van der Waals surface area contributed by atoms with Gasteiger partial charge >= 0.3 is 0 Å². The van der Waals surface area contributed by atoms with Gasteiger partial charge in [-0.05, 0) is 17.2 Å². The van der Waals surface area contributed by atoms with Crippen molar-refractivity contribution in [3.63, 3.8) is 0 Å².